The van der Waals surface area contributed by atoms with Gasteiger partial charge in [-0.05, 0) is 32.6 Å². The average Bonchev–Trinajstić information content (AvgIpc) is 3.33. The van der Waals surface area contributed by atoms with Crippen LogP contribution in [0.2, 0.25) is 0 Å². The Hall–Kier alpha value is -1.93. The molecule has 3 fully saturated rings. The first-order valence-electron chi connectivity index (χ1n) is 10.9. The van der Waals surface area contributed by atoms with Crippen LogP contribution in [0.5, 0.6) is 0 Å². The number of carbonyl (C=O) groups is 3. The minimum atomic E-state index is -1.16. The van der Waals surface area contributed by atoms with Crippen LogP contribution in [0.15, 0.2) is 12.7 Å². The lowest BCUT2D eigenvalue weighted by atomic mass is 9.70. The maximum atomic E-state index is 13.8. The monoisotopic (exact) mass is 422 g/mol. The number of ether oxygens (including phenoxy) is 1. The molecule has 0 unspecified atom stereocenters. The molecule has 0 saturated carbocycles. The fourth-order valence-electron chi connectivity index (χ4n) is 5.68. The summed E-state index contributed by atoms with van der Waals surface area (Å²) in [6.45, 7) is 11.4. The molecule has 2 bridgehead atoms. The summed E-state index contributed by atoms with van der Waals surface area (Å²) in [6.07, 6.45) is 2.76. The van der Waals surface area contributed by atoms with Crippen LogP contribution in [0.3, 0.4) is 0 Å². The fourth-order valence-corrected chi connectivity index (χ4v) is 5.68. The Labute approximate surface area is 177 Å². The van der Waals surface area contributed by atoms with Gasteiger partial charge in [-0.25, -0.2) is 0 Å². The number of carboxylic acids is 1. The summed E-state index contributed by atoms with van der Waals surface area (Å²) in [5.74, 6) is -3.65. The third-order valence-corrected chi connectivity index (χ3v) is 7.33. The van der Waals surface area contributed by atoms with Crippen LogP contribution in [-0.2, 0) is 19.1 Å². The molecule has 3 aliphatic rings. The van der Waals surface area contributed by atoms with E-state index in [2.05, 4.69) is 6.58 Å². The van der Waals surface area contributed by atoms with E-state index in [9.17, 15) is 24.6 Å². The minimum Gasteiger partial charge on any atom is -0.481 e. The van der Waals surface area contributed by atoms with Crippen molar-refractivity contribution < 1.29 is 29.3 Å². The highest BCUT2D eigenvalue weighted by Crippen LogP contribution is 2.59. The largest absolute Gasteiger partial charge is 0.481 e. The zero-order valence-electron chi connectivity index (χ0n) is 18.3. The quantitative estimate of drug-likeness (QED) is 0.542. The lowest BCUT2D eigenvalue weighted by molar-refractivity contribution is -0.155. The highest BCUT2D eigenvalue weighted by molar-refractivity contribution is 5.98. The van der Waals surface area contributed by atoms with Crippen molar-refractivity contribution in [3.63, 3.8) is 0 Å². The Morgan fingerprint density at radius 3 is 2.57 bits per heavy atom. The van der Waals surface area contributed by atoms with E-state index in [1.807, 2.05) is 27.7 Å². The topological polar surface area (TPSA) is 107 Å². The van der Waals surface area contributed by atoms with Crippen LogP contribution in [0.1, 0.15) is 47.0 Å². The predicted molar refractivity (Wildman–Crippen MR) is 109 cm³/mol. The van der Waals surface area contributed by atoms with Crippen LogP contribution in [0, 0.1) is 17.8 Å². The zero-order chi connectivity index (χ0) is 22.4. The third kappa shape index (κ3) is 3.15. The van der Waals surface area contributed by atoms with Gasteiger partial charge in [-0.15, -0.1) is 6.58 Å². The van der Waals surface area contributed by atoms with Gasteiger partial charge in [0.25, 0.3) is 0 Å². The van der Waals surface area contributed by atoms with E-state index in [0.717, 1.165) is 0 Å². The van der Waals surface area contributed by atoms with Crippen LogP contribution in [0.4, 0.5) is 0 Å². The summed E-state index contributed by atoms with van der Waals surface area (Å²) in [7, 11) is 0. The number of amides is 2. The summed E-state index contributed by atoms with van der Waals surface area (Å²) in [6, 6.07) is -1.66. The van der Waals surface area contributed by atoms with Gasteiger partial charge in [0.15, 0.2) is 0 Å². The van der Waals surface area contributed by atoms with Gasteiger partial charge >= 0.3 is 5.97 Å². The molecular formula is C22H34N2O6. The van der Waals surface area contributed by atoms with Crippen molar-refractivity contribution >= 4 is 17.8 Å². The summed E-state index contributed by atoms with van der Waals surface area (Å²) < 4.78 is 6.21. The molecule has 7 atom stereocenters. The van der Waals surface area contributed by atoms with E-state index in [1.54, 1.807) is 11.0 Å². The van der Waals surface area contributed by atoms with Crippen LogP contribution in [-0.4, -0.2) is 80.8 Å². The SMILES string of the molecule is C=CCN(C(=O)[C@@H]1N([C@@H](CO)[C@@H](C)CC)C(=O)[C@H]2[C@H](C(=O)O)[C@@H]3CC[C@]12O3)C(C)C. The number of nitrogens with zero attached hydrogens (tertiary/aromatic N) is 2. The molecule has 3 aliphatic heterocycles. The number of fused-ring (bicyclic) bond motifs is 1. The molecule has 2 N–H and O–H groups in total. The molecule has 168 valence electrons. The van der Waals surface area contributed by atoms with Crippen molar-refractivity contribution in [2.75, 3.05) is 13.2 Å². The molecule has 0 aliphatic carbocycles. The van der Waals surface area contributed by atoms with E-state index < -0.39 is 41.6 Å². The van der Waals surface area contributed by atoms with E-state index in [4.69, 9.17) is 4.74 Å². The van der Waals surface area contributed by atoms with Crippen molar-refractivity contribution in [2.45, 2.75) is 76.8 Å². The third-order valence-electron chi connectivity index (χ3n) is 7.33. The molecule has 3 heterocycles. The average molecular weight is 423 g/mol. The molecule has 2 amide bonds. The molecular weight excluding hydrogens is 388 g/mol. The molecule has 0 radical (unpaired) electrons. The molecule has 1 spiro atoms. The molecule has 8 nitrogen and oxygen atoms in total. The van der Waals surface area contributed by atoms with Gasteiger partial charge in [0, 0.05) is 12.6 Å². The molecule has 0 aromatic heterocycles. The predicted octanol–water partition coefficient (Wildman–Crippen LogP) is 1.28. The van der Waals surface area contributed by atoms with E-state index in [0.29, 0.717) is 25.8 Å². The van der Waals surface area contributed by atoms with Gasteiger partial charge in [0.1, 0.15) is 11.6 Å². The normalized spacial score (nSPS) is 34.2. The number of hydrogen-bond donors (Lipinski definition) is 2. The van der Waals surface area contributed by atoms with Gasteiger partial charge in [-0.2, -0.15) is 0 Å². The number of hydrogen-bond acceptors (Lipinski definition) is 5. The maximum Gasteiger partial charge on any atom is 0.310 e. The van der Waals surface area contributed by atoms with Crippen LogP contribution in [0.25, 0.3) is 0 Å². The Morgan fingerprint density at radius 1 is 1.40 bits per heavy atom. The second-order valence-corrected chi connectivity index (χ2v) is 9.15. The molecule has 0 aromatic carbocycles. The first-order valence-corrected chi connectivity index (χ1v) is 10.9. The van der Waals surface area contributed by atoms with Crippen molar-refractivity contribution in [2.24, 2.45) is 17.8 Å². The fraction of sp³-hybridized carbons (Fsp3) is 0.773. The lowest BCUT2D eigenvalue weighted by Crippen LogP contribution is -2.60. The van der Waals surface area contributed by atoms with E-state index in [1.165, 1.54) is 4.90 Å². The first-order chi connectivity index (χ1) is 14.2. The second kappa shape index (κ2) is 8.30. The van der Waals surface area contributed by atoms with Gasteiger partial charge < -0.3 is 24.7 Å². The molecule has 0 aromatic rings. The Balaban J connectivity index is 2.13. The lowest BCUT2D eigenvalue weighted by Gasteiger charge is -2.41. The minimum absolute atomic E-state index is 0.0585. The Morgan fingerprint density at radius 2 is 2.07 bits per heavy atom. The summed E-state index contributed by atoms with van der Waals surface area (Å²) in [5, 5.41) is 20.0. The summed E-state index contributed by atoms with van der Waals surface area (Å²) >= 11 is 0. The number of likely N-dealkylation sites (tertiary alicyclic amines) is 1. The number of carbonyl (C=O) groups excluding carboxylic acids is 2. The maximum absolute atomic E-state index is 13.8. The van der Waals surface area contributed by atoms with Gasteiger partial charge in [0.05, 0.1) is 30.6 Å². The number of aliphatic carboxylic acids is 1. The van der Waals surface area contributed by atoms with E-state index >= 15 is 0 Å². The van der Waals surface area contributed by atoms with E-state index in [-0.39, 0.29) is 30.4 Å². The van der Waals surface area contributed by atoms with Crippen LogP contribution >= 0.6 is 0 Å². The van der Waals surface area contributed by atoms with Crippen molar-refractivity contribution in [1.29, 1.82) is 0 Å². The zero-order valence-corrected chi connectivity index (χ0v) is 18.3. The second-order valence-electron chi connectivity index (χ2n) is 9.15. The number of carboxylic acid groups (broad SMARTS) is 1. The number of aliphatic hydroxyl groups excluding tert-OH is 1. The van der Waals surface area contributed by atoms with Crippen molar-refractivity contribution in [3.05, 3.63) is 12.7 Å². The van der Waals surface area contributed by atoms with Gasteiger partial charge in [-0.1, -0.05) is 26.3 Å². The summed E-state index contributed by atoms with van der Waals surface area (Å²) in [5.41, 5.74) is -1.16. The Bertz CT molecular complexity index is 724. The smallest absolute Gasteiger partial charge is 0.310 e. The number of aliphatic hydroxyl groups is 1. The molecule has 30 heavy (non-hydrogen) atoms. The first kappa shape index (κ1) is 22.7. The van der Waals surface area contributed by atoms with Gasteiger partial charge in [-0.3, -0.25) is 14.4 Å². The molecule has 8 heteroatoms. The summed E-state index contributed by atoms with van der Waals surface area (Å²) in [4.78, 5) is 42.6. The standard InChI is InChI=1S/C22H34N2O6/c1-6-10-23(12(3)4)20(27)18-22-9-8-15(30-22)16(21(28)29)17(22)19(26)24(18)14(11-25)13(5)7-2/h6,12-18,25H,1,7-11H2,2-5H3,(H,28,29)/t13-,14-,15-,16+,17+,18-,22+/m0/s1. The highest BCUT2D eigenvalue weighted by atomic mass is 16.5. The molecule has 3 rings (SSSR count). The van der Waals surface area contributed by atoms with Crippen molar-refractivity contribution in [1.82, 2.24) is 9.80 Å². The molecule has 3 saturated heterocycles. The highest BCUT2D eigenvalue weighted by Gasteiger charge is 2.75. The Kier molecular flexibility index (Phi) is 6.30. The number of rotatable bonds is 9. The van der Waals surface area contributed by atoms with Crippen LogP contribution < -0.4 is 0 Å². The van der Waals surface area contributed by atoms with Gasteiger partial charge in [0.2, 0.25) is 11.8 Å². The van der Waals surface area contributed by atoms with Crippen molar-refractivity contribution in [3.8, 4) is 0 Å².